The van der Waals surface area contributed by atoms with Gasteiger partial charge in [-0.1, -0.05) is 66.7 Å². The van der Waals surface area contributed by atoms with Crippen molar-refractivity contribution >= 4 is 27.8 Å². The van der Waals surface area contributed by atoms with Crippen molar-refractivity contribution in [3.63, 3.8) is 0 Å². The summed E-state index contributed by atoms with van der Waals surface area (Å²) in [5.74, 6) is -1.12. The number of likely N-dealkylation sites (N-methyl/N-ethyl adjacent to an activating group) is 1. The summed E-state index contributed by atoms with van der Waals surface area (Å²) in [5.41, 5.74) is 1.35. The zero-order valence-electron chi connectivity index (χ0n) is 19.9. The van der Waals surface area contributed by atoms with E-state index in [1.807, 2.05) is 12.1 Å². The molecule has 3 atom stereocenters. The van der Waals surface area contributed by atoms with Gasteiger partial charge in [-0.2, -0.15) is 0 Å². The van der Waals surface area contributed by atoms with Crippen LogP contribution < -0.4 is 0 Å². The van der Waals surface area contributed by atoms with Crippen LogP contribution in [0, 0.1) is 0 Å². The summed E-state index contributed by atoms with van der Waals surface area (Å²) < 4.78 is 35.9. The quantitative estimate of drug-likeness (QED) is 0.239. The Labute approximate surface area is 208 Å². The average molecular weight is 515 g/mol. The van der Waals surface area contributed by atoms with Gasteiger partial charge in [0, 0.05) is 13.1 Å². The number of carbonyl (C=O) groups is 3. The van der Waals surface area contributed by atoms with Gasteiger partial charge in [-0.25, -0.2) is 18.3 Å². The fourth-order valence-corrected chi connectivity index (χ4v) is 6.41. The van der Waals surface area contributed by atoms with E-state index in [2.05, 4.69) is 0 Å². The molecule has 0 radical (unpaired) electrons. The maximum absolute atomic E-state index is 13.3. The Morgan fingerprint density at radius 1 is 1.08 bits per heavy atom. The van der Waals surface area contributed by atoms with Gasteiger partial charge in [0.05, 0.1) is 13.5 Å². The number of hydroxylamine groups is 2. The molecule has 2 saturated heterocycles. The molecule has 2 aromatic carbocycles. The Morgan fingerprint density at radius 2 is 1.64 bits per heavy atom. The first kappa shape index (κ1) is 25.4. The SMILES string of the molecule is CON(C)C(=O)/C=C/[C@@]1(C)[C@H](OC(=O)OC(c2ccccc2)c2ccccc2)N2C(=O)C[C@H]2S1(=O)=O. The maximum atomic E-state index is 13.3. The molecule has 0 unspecified atom stereocenters. The van der Waals surface area contributed by atoms with E-state index in [9.17, 15) is 22.8 Å². The van der Waals surface area contributed by atoms with Gasteiger partial charge in [0.2, 0.25) is 12.1 Å². The van der Waals surface area contributed by atoms with Crippen LogP contribution in [-0.4, -0.2) is 66.9 Å². The lowest BCUT2D eigenvalue weighted by molar-refractivity contribution is -0.162. The van der Waals surface area contributed by atoms with Crippen LogP contribution >= 0.6 is 0 Å². The lowest BCUT2D eigenvalue weighted by Gasteiger charge is -2.36. The predicted molar refractivity (Wildman–Crippen MR) is 128 cm³/mol. The molecule has 0 saturated carbocycles. The van der Waals surface area contributed by atoms with Gasteiger partial charge < -0.3 is 9.47 Å². The summed E-state index contributed by atoms with van der Waals surface area (Å²) in [7, 11) is -1.41. The molecule has 36 heavy (non-hydrogen) atoms. The summed E-state index contributed by atoms with van der Waals surface area (Å²) in [4.78, 5) is 43.4. The minimum Gasteiger partial charge on any atom is -0.421 e. The van der Waals surface area contributed by atoms with Gasteiger partial charge in [-0.15, -0.1) is 0 Å². The summed E-state index contributed by atoms with van der Waals surface area (Å²) in [6.07, 6.45) is -1.62. The third-order valence-electron chi connectivity index (χ3n) is 6.43. The largest absolute Gasteiger partial charge is 0.511 e. The molecule has 2 aliphatic heterocycles. The first-order chi connectivity index (χ1) is 17.1. The average Bonchev–Trinajstić information content (AvgIpc) is 3.00. The molecule has 2 fully saturated rings. The van der Waals surface area contributed by atoms with Gasteiger partial charge in [-0.05, 0) is 18.1 Å². The van der Waals surface area contributed by atoms with Gasteiger partial charge in [0.15, 0.2) is 15.9 Å². The third-order valence-corrected chi connectivity index (χ3v) is 9.10. The van der Waals surface area contributed by atoms with Crippen molar-refractivity contribution in [3.8, 4) is 0 Å². The van der Waals surface area contributed by atoms with Gasteiger partial charge in [-0.3, -0.25) is 19.3 Å². The van der Waals surface area contributed by atoms with Crippen molar-refractivity contribution in [1.29, 1.82) is 0 Å². The van der Waals surface area contributed by atoms with Gasteiger partial charge in [0.25, 0.3) is 5.91 Å². The zero-order valence-corrected chi connectivity index (χ0v) is 20.8. The summed E-state index contributed by atoms with van der Waals surface area (Å²) >= 11 is 0. The number of hydrogen-bond acceptors (Lipinski definition) is 8. The number of sulfone groups is 1. The molecule has 0 spiro atoms. The number of fused-ring (bicyclic) bond motifs is 1. The number of carbonyl (C=O) groups excluding carboxylic acids is 3. The van der Waals surface area contributed by atoms with E-state index in [0.717, 1.165) is 22.1 Å². The molecule has 2 amide bonds. The molecular weight excluding hydrogens is 488 g/mol. The van der Waals surface area contributed by atoms with Crippen LogP contribution in [0.1, 0.15) is 30.6 Å². The lowest BCUT2D eigenvalue weighted by atomic mass is 10.0. The molecule has 0 aromatic heterocycles. The lowest BCUT2D eigenvalue weighted by Crippen LogP contribution is -2.55. The van der Waals surface area contributed by atoms with Crippen molar-refractivity contribution < 1.29 is 37.1 Å². The van der Waals surface area contributed by atoms with Crippen LogP contribution in [0.25, 0.3) is 0 Å². The molecule has 190 valence electrons. The summed E-state index contributed by atoms with van der Waals surface area (Å²) in [6.45, 7) is 1.30. The van der Waals surface area contributed by atoms with E-state index in [4.69, 9.17) is 14.3 Å². The molecule has 10 nitrogen and oxygen atoms in total. The van der Waals surface area contributed by atoms with Gasteiger partial charge >= 0.3 is 6.16 Å². The molecule has 2 aliphatic rings. The smallest absolute Gasteiger partial charge is 0.421 e. The number of nitrogens with zero attached hydrogens (tertiary/aromatic N) is 2. The fourth-order valence-electron chi connectivity index (χ4n) is 4.23. The highest BCUT2D eigenvalue weighted by atomic mass is 32.2. The highest BCUT2D eigenvalue weighted by Gasteiger charge is 2.68. The van der Waals surface area contributed by atoms with Crippen LogP contribution in [0.5, 0.6) is 0 Å². The Bertz CT molecular complexity index is 1240. The van der Waals surface area contributed by atoms with E-state index < -0.39 is 50.3 Å². The third kappa shape index (κ3) is 4.35. The van der Waals surface area contributed by atoms with Crippen molar-refractivity contribution in [2.24, 2.45) is 0 Å². The number of rotatable bonds is 7. The van der Waals surface area contributed by atoms with E-state index in [1.54, 1.807) is 48.5 Å². The molecule has 2 heterocycles. The number of hydrogen-bond donors (Lipinski definition) is 0. The van der Waals surface area contributed by atoms with E-state index in [0.29, 0.717) is 11.1 Å². The molecule has 0 N–H and O–H groups in total. The number of benzene rings is 2. The second-order valence-corrected chi connectivity index (χ2v) is 11.1. The van der Waals surface area contributed by atoms with Crippen molar-refractivity contribution in [3.05, 3.63) is 83.9 Å². The number of ether oxygens (including phenoxy) is 2. The molecule has 0 aliphatic carbocycles. The molecule has 2 aromatic rings. The topological polar surface area (TPSA) is 120 Å². The van der Waals surface area contributed by atoms with Crippen molar-refractivity contribution in [1.82, 2.24) is 9.96 Å². The van der Waals surface area contributed by atoms with E-state index in [-0.39, 0.29) is 6.42 Å². The van der Waals surface area contributed by atoms with Crippen LogP contribution in [0.15, 0.2) is 72.8 Å². The normalized spacial score (nSPS) is 24.3. The zero-order chi connectivity index (χ0) is 26.1. The highest BCUT2D eigenvalue weighted by molar-refractivity contribution is 7.94. The monoisotopic (exact) mass is 514 g/mol. The van der Waals surface area contributed by atoms with Crippen LogP contribution in [0.4, 0.5) is 4.79 Å². The Hall–Kier alpha value is -3.70. The van der Waals surface area contributed by atoms with Crippen molar-refractivity contribution in [2.45, 2.75) is 35.8 Å². The second kappa shape index (κ2) is 9.75. The summed E-state index contributed by atoms with van der Waals surface area (Å²) in [5, 5.41) is -0.262. The predicted octanol–water partition coefficient (Wildman–Crippen LogP) is 2.58. The van der Waals surface area contributed by atoms with Crippen LogP contribution in [0.2, 0.25) is 0 Å². The standard InChI is InChI=1S/C25H26N2O8S/c1-25(15-14-19(28)26(2)33-3)23(27-20(29)16-21(27)36(25,31)32)35-24(30)34-22(17-10-6-4-7-11-17)18-12-8-5-9-13-18/h4-15,21-23H,16H2,1-3H3/b15-14+/t21-,23+,25+/m1/s1. The molecular formula is C25H26N2O8S. The maximum Gasteiger partial charge on any atom is 0.511 e. The second-order valence-electron chi connectivity index (χ2n) is 8.58. The van der Waals surface area contributed by atoms with Crippen LogP contribution in [0.3, 0.4) is 0 Å². The highest BCUT2D eigenvalue weighted by Crippen LogP contribution is 2.47. The fraction of sp³-hybridized carbons (Fsp3) is 0.320. The minimum atomic E-state index is -4.04. The van der Waals surface area contributed by atoms with Gasteiger partial charge in [0.1, 0.15) is 10.1 Å². The first-order valence-electron chi connectivity index (χ1n) is 11.1. The minimum absolute atomic E-state index is 0.233. The Balaban J connectivity index is 1.63. The molecule has 0 bridgehead atoms. The first-order valence-corrected chi connectivity index (χ1v) is 12.7. The Kier molecular flexibility index (Phi) is 6.87. The molecule has 11 heteroatoms. The Morgan fingerprint density at radius 3 is 2.14 bits per heavy atom. The van der Waals surface area contributed by atoms with E-state index in [1.165, 1.54) is 21.1 Å². The van der Waals surface area contributed by atoms with Crippen molar-refractivity contribution in [2.75, 3.05) is 14.2 Å². The van der Waals surface area contributed by atoms with E-state index >= 15 is 0 Å². The number of β-lactam (4-membered cyclic amide) rings is 1. The molecule has 4 rings (SSSR count). The van der Waals surface area contributed by atoms with Crippen LogP contribution in [-0.2, 0) is 33.7 Å². The summed E-state index contributed by atoms with van der Waals surface area (Å²) in [6, 6.07) is 18.0. The number of amides is 2.